The van der Waals surface area contributed by atoms with Gasteiger partial charge in [-0.3, -0.25) is 14.4 Å². The lowest BCUT2D eigenvalue weighted by molar-refractivity contribution is -0.141. The predicted octanol–water partition coefficient (Wildman–Crippen LogP) is 16.7. The molecule has 12 rings (SSSR count). The van der Waals surface area contributed by atoms with Crippen molar-refractivity contribution in [3.05, 3.63) is 248 Å². The molecule has 0 heterocycles. The van der Waals surface area contributed by atoms with E-state index in [9.17, 15) is 28.3 Å². The van der Waals surface area contributed by atoms with E-state index in [0.29, 0.717) is 11.1 Å². The molecule has 19 heteroatoms. The maximum Gasteiger partial charge on any atom is 0.492 e. The molecule has 4 N–H and O–H groups in total. The molecule has 0 saturated carbocycles. The molecule has 105 heavy (non-hydrogen) atoms. The van der Waals surface area contributed by atoms with Crippen molar-refractivity contribution >= 4 is 46.4 Å². The van der Waals surface area contributed by atoms with Crippen molar-refractivity contribution in [3.8, 4) is 98.0 Å². The van der Waals surface area contributed by atoms with Crippen LogP contribution in [0.25, 0.3) is 22.3 Å². The molecule has 0 radical (unpaired) electrons. The molecule has 0 saturated heterocycles. The van der Waals surface area contributed by atoms with Crippen LogP contribution in [0.3, 0.4) is 0 Å². The molecule has 9 aromatic carbocycles. The van der Waals surface area contributed by atoms with E-state index in [1.807, 2.05) is 109 Å². The normalized spacial score (nSPS) is 14.7. The van der Waals surface area contributed by atoms with Gasteiger partial charge in [-0.2, -0.15) is 0 Å². The number of fused-ring (bicyclic) bond motifs is 3. The number of hydrogen-bond acceptors (Lipinski definition) is 14. The van der Waals surface area contributed by atoms with Crippen LogP contribution in [-0.2, 0) is 43.1 Å². The number of para-hydroxylation sites is 1. The zero-order valence-electron chi connectivity index (χ0n) is 59.6. The summed E-state index contributed by atoms with van der Waals surface area (Å²) in [5, 5.41) is 36.0. The number of ether oxygens (including phenoxy) is 8. The number of rotatable bonds is 21. The Morgan fingerprint density at radius 3 is 1.18 bits per heavy atom. The number of carboxylic acids is 1. The lowest BCUT2D eigenvalue weighted by Gasteiger charge is -2.17. The van der Waals surface area contributed by atoms with E-state index in [-0.39, 0.29) is 107 Å². The Morgan fingerprint density at radius 2 is 0.829 bits per heavy atom. The zero-order valence-corrected chi connectivity index (χ0v) is 61.2. The Balaban J connectivity index is 0.000000170. The van der Waals surface area contributed by atoms with E-state index in [1.165, 1.54) is 58.8 Å². The first-order chi connectivity index (χ1) is 50.8. The van der Waals surface area contributed by atoms with Crippen LogP contribution in [0.1, 0.15) is 145 Å². The topological polar surface area (TPSA) is 206 Å². The van der Waals surface area contributed by atoms with Crippen LogP contribution in [0.15, 0.2) is 186 Å². The Labute approximate surface area is 620 Å². The van der Waals surface area contributed by atoms with Gasteiger partial charge in [0, 0.05) is 21.1 Å². The molecule has 540 valence electrons. The van der Waals surface area contributed by atoms with E-state index < -0.39 is 13.1 Å². The van der Waals surface area contributed by atoms with Crippen molar-refractivity contribution in [2.45, 2.75) is 115 Å². The van der Waals surface area contributed by atoms with E-state index in [0.717, 1.165) is 110 Å². The fourth-order valence-electron chi connectivity index (χ4n) is 12.9. The number of aromatic hydroxyl groups is 1. The maximum absolute atomic E-state index is 14.7. The summed E-state index contributed by atoms with van der Waals surface area (Å²) in [4.78, 5) is 34.4. The van der Waals surface area contributed by atoms with Crippen LogP contribution < -0.4 is 33.9 Å². The van der Waals surface area contributed by atoms with Crippen LogP contribution in [0, 0.1) is 47.2 Å². The summed E-state index contributed by atoms with van der Waals surface area (Å²) < 4.78 is 73.8. The molecule has 3 unspecified atom stereocenters. The minimum absolute atomic E-state index is 0.0345. The van der Waals surface area contributed by atoms with Gasteiger partial charge in [0.1, 0.15) is 35.6 Å². The van der Waals surface area contributed by atoms with Gasteiger partial charge in [0.15, 0.2) is 34.6 Å². The van der Waals surface area contributed by atoms with Gasteiger partial charge in [-0.05, 0) is 187 Å². The summed E-state index contributed by atoms with van der Waals surface area (Å²) in [6, 6.07) is 56.2. The highest BCUT2D eigenvalue weighted by Gasteiger charge is 2.29. The molecule has 3 aliphatic carbocycles. The lowest BCUT2D eigenvalue weighted by Crippen LogP contribution is -2.29. The second-order valence-electron chi connectivity index (χ2n) is 24.7. The van der Waals surface area contributed by atoms with Crippen LogP contribution in [0.4, 0.5) is 8.78 Å². The first-order valence-electron chi connectivity index (χ1n) is 34.1. The molecule has 3 aliphatic rings. The number of phenolic OH excluding ortho intramolecular Hbond substituents is 1. The molecular weight excluding hydrogens is 1400 g/mol. The number of carboxylic acid groups (broad SMARTS) is 1. The van der Waals surface area contributed by atoms with E-state index in [1.54, 1.807) is 63.2 Å². The largest absolute Gasteiger partial charge is 0.505 e. The number of hydrogen-bond donors (Lipinski definition) is 4. The van der Waals surface area contributed by atoms with Gasteiger partial charge in [-0.25, -0.2) is 8.78 Å². The number of carbonyl (C=O) groups excluding carboxylic acids is 2. The Hall–Kier alpha value is -11.0. The molecule has 15 nitrogen and oxygen atoms in total. The third-order valence-electron chi connectivity index (χ3n) is 18.2. The molecule has 0 amide bonds. The van der Waals surface area contributed by atoms with Crippen molar-refractivity contribution in [1.82, 2.24) is 0 Å². The van der Waals surface area contributed by atoms with Gasteiger partial charge >= 0.3 is 25.0 Å². The first kappa shape index (κ1) is 78.1. The molecule has 6 atom stereocenters. The Morgan fingerprint density at radius 1 is 0.476 bits per heavy atom. The van der Waals surface area contributed by atoms with Crippen molar-refractivity contribution in [3.63, 3.8) is 0 Å². The zero-order chi connectivity index (χ0) is 75.1. The van der Waals surface area contributed by atoms with Gasteiger partial charge in [-0.1, -0.05) is 149 Å². The molecule has 0 fully saturated rings. The number of aliphatic carboxylic acids is 1. The molecule has 0 bridgehead atoms. The number of halogens is 3. The number of carbonyl (C=O) groups is 3. The summed E-state index contributed by atoms with van der Waals surface area (Å²) in [6.07, 6.45) is 5.80. The predicted molar refractivity (Wildman–Crippen MR) is 404 cm³/mol. The average Bonchev–Trinajstić information content (AvgIpc) is 1.72. The summed E-state index contributed by atoms with van der Waals surface area (Å²) in [5.74, 6) is 17.6. The number of esters is 2. The fraction of sp³-hybridized carbons (Fsp3) is 0.267. The average molecular weight is 1480 g/mol. The summed E-state index contributed by atoms with van der Waals surface area (Å²) >= 11 is 3.52. The quantitative estimate of drug-likeness (QED) is 0.0300. The fourth-order valence-corrected chi connectivity index (χ4v) is 13.3. The van der Waals surface area contributed by atoms with Gasteiger partial charge < -0.3 is 58.2 Å². The highest BCUT2D eigenvalue weighted by molar-refractivity contribution is 9.10. The third-order valence-corrected chi connectivity index (χ3v) is 18.7. The van der Waals surface area contributed by atoms with Crippen LogP contribution >= 0.6 is 15.9 Å². The molecular formula is C86H82BBrF2O15. The van der Waals surface area contributed by atoms with Crippen LogP contribution in [0.2, 0.25) is 0 Å². The van der Waals surface area contributed by atoms with Crippen LogP contribution in [-0.4, -0.2) is 80.8 Å². The first-order valence-corrected chi connectivity index (χ1v) is 34.9. The van der Waals surface area contributed by atoms with Crippen molar-refractivity contribution < 1.29 is 81.3 Å². The number of benzene rings is 9. The minimum atomic E-state index is -1.68. The van der Waals surface area contributed by atoms with Gasteiger partial charge in [0.25, 0.3) is 0 Å². The lowest BCUT2D eigenvalue weighted by atomic mass is 9.79. The Kier molecular flexibility index (Phi) is 28.2. The van der Waals surface area contributed by atoms with E-state index >= 15 is 0 Å². The van der Waals surface area contributed by atoms with Gasteiger partial charge in [-0.15, -0.1) is 17.8 Å². The summed E-state index contributed by atoms with van der Waals surface area (Å²) in [7, 11) is 5.42. The number of methoxy groups -OCH3 is 5. The van der Waals surface area contributed by atoms with Gasteiger partial charge in [0.05, 0.1) is 72.6 Å². The standard InChI is InChI=1S/C29H27FO4.C28H25FO4.C22H21BrO3.C7H9BO4/c1-4-6-20(18-28(31)33-3)19-9-13-23(14-10-19)34-26-16-12-21-17-22(11-15-24(21)26)25-7-5-8-27(32-2)29(25)30;1-3-5-19(17-27(30)31)18-8-12-22(13-9-18)33-25-15-11-20-16-21(10-14-23(20)25)24-6-4-7-26(32-2)28(24)29;1-3-4-16(14-22(24)25-2)15-5-9-19(10-6-15)26-21-12-7-17-13-18(23)8-11-20(17)21;1-12-6-4-2-3-5(7(6)9)8(10)11/h5,7-11,13-15,17,20,26H,12,16,18H2,1-3H3;4,6-10,12-14,16,19,25H,11,15,17H2,1-2H3,(H,30,31);5-6,8-11,13,16,21H,7,12,14H2,1-2H3;2-4,9-11H,1H3/t20-,26?;19-,25?;16-,21?;/m111./s1. The maximum atomic E-state index is 14.7. The van der Waals surface area contributed by atoms with Crippen molar-refractivity contribution in [1.29, 1.82) is 0 Å². The van der Waals surface area contributed by atoms with Crippen LogP contribution in [0.5, 0.6) is 40.2 Å². The molecule has 9 aromatic rings. The van der Waals surface area contributed by atoms with Gasteiger partial charge in [0.2, 0.25) is 0 Å². The second kappa shape index (κ2) is 38.0. The summed E-state index contributed by atoms with van der Waals surface area (Å²) in [5.41, 5.74) is 12.7. The van der Waals surface area contributed by atoms with E-state index in [2.05, 4.69) is 69.7 Å². The second-order valence-corrected chi connectivity index (χ2v) is 25.6. The molecule has 0 aliphatic heterocycles. The van der Waals surface area contributed by atoms with E-state index in [4.69, 9.17) is 53.0 Å². The highest BCUT2D eigenvalue weighted by atomic mass is 79.9. The van der Waals surface area contributed by atoms with Crippen molar-refractivity contribution in [2.75, 3.05) is 35.5 Å². The SMILES string of the molecule is CC#C[C@H](CC(=O)O)c1ccc(OC2CCc3cc(-c4cccc(OC)c4F)ccc32)cc1.CC#C[C@H](CC(=O)OC)c1ccc(OC2CCc3cc(-c4cccc(OC)c4F)ccc32)cc1.CC#C[C@H](CC(=O)OC)c1ccc(OC2CCc3cc(Br)ccc32)cc1.COc1cccc(B(O)O)c1O. The smallest absolute Gasteiger partial charge is 0.492 e. The molecule has 0 spiro atoms. The van der Waals surface area contributed by atoms with Crippen molar-refractivity contribution in [2.24, 2.45) is 0 Å². The number of phenols is 1. The highest BCUT2D eigenvalue weighted by Crippen LogP contribution is 2.42. The molecule has 0 aromatic heterocycles. The third kappa shape index (κ3) is 20.5. The minimum Gasteiger partial charge on any atom is -0.505 e. The monoisotopic (exact) mass is 1480 g/mol. The number of aryl methyl sites for hydroxylation is 3. The Bertz CT molecular complexity index is 4700. The summed E-state index contributed by atoms with van der Waals surface area (Å²) in [6.45, 7) is 5.24.